The lowest BCUT2D eigenvalue weighted by Crippen LogP contribution is -2.19. The van der Waals surface area contributed by atoms with Gasteiger partial charge in [0, 0.05) is 0 Å². The summed E-state index contributed by atoms with van der Waals surface area (Å²) < 4.78 is 24.9. The molecule has 0 saturated heterocycles. The van der Waals surface area contributed by atoms with Crippen molar-refractivity contribution in [2.75, 3.05) is 7.11 Å². The summed E-state index contributed by atoms with van der Waals surface area (Å²) in [5.41, 5.74) is 2.69. The molecule has 1 N–H and O–H groups in total. The number of hydrogen-bond donors (Lipinski definition) is 1. The molecular weight excluding hydrogens is 385 g/mol. The van der Waals surface area contributed by atoms with Crippen molar-refractivity contribution in [3.8, 4) is 17.6 Å². The van der Waals surface area contributed by atoms with Crippen molar-refractivity contribution in [2.45, 2.75) is 26.4 Å². The largest absolute Gasteiger partial charge is 0.493 e. The summed E-state index contributed by atoms with van der Waals surface area (Å²) >= 11 is 6.27. The van der Waals surface area contributed by atoms with E-state index in [0.29, 0.717) is 22.1 Å². The molecule has 0 aromatic heterocycles. The third-order valence-electron chi connectivity index (χ3n) is 3.87. The van der Waals surface area contributed by atoms with Gasteiger partial charge in [0.1, 0.15) is 5.82 Å². The van der Waals surface area contributed by atoms with Gasteiger partial charge < -0.3 is 9.47 Å². The van der Waals surface area contributed by atoms with E-state index in [9.17, 15) is 9.18 Å². The fourth-order valence-corrected chi connectivity index (χ4v) is 2.47. The van der Waals surface area contributed by atoms with E-state index in [1.165, 1.54) is 25.5 Å². The first-order valence-corrected chi connectivity index (χ1v) is 8.84. The number of methoxy groups -OCH3 is 1. The van der Waals surface area contributed by atoms with Crippen LogP contribution in [0.3, 0.4) is 0 Å². The van der Waals surface area contributed by atoms with Gasteiger partial charge in [0.15, 0.2) is 11.5 Å². The molecule has 0 saturated carbocycles. The highest BCUT2D eigenvalue weighted by Gasteiger charge is 2.14. The van der Waals surface area contributed by atoms with Gasteiger partial charge in [-0.3, -0.25) is 4.79 Å². The molecule has 1 amide bonds. The van der Waals surface area contributed by atoms with Crippen LogP contribution < -0.4 is 14.9 Å². The normalized spacial score (nSPS) is 11.7. The number of nitrogens with one attached hydrogen (secondary N) is 1. The Morgan fingerprint density at radius 2 is 2.18 bits per heavy atom. The SMILES string of the molecule is CCC(C)Oc1c(Cl)cc(C=NNC(=O)c2ccc(C#N)cc2F)cc1OC. The van der Waals surface area contributed by atoms with Crippen molar-refractivity contribution in [3.05, 3.63) is 57.9 Å². The molecule has 0 heterocycles. The van der Waals surface area contributed by atoms with E-state index in [1.807, 2.05) is 13.8 Å². The Labute approximate surface area is 167 Å². The minimum atomic E-state index is -0.803. The number of hydrogen-bond acceptors (Lipinski definition) is 5. The van der Waals surface area contributed by atoms with Crippen LogP contribution in [0, 0.1) is 17.1 Å². The molecule has 2 rings (SSSR count). The smallest absolute Gasteiger partial charge is 0.274 e. The molecule has 2 aromatic carbocycles. The summed E-state index contributed by atoms with van der Waals surface area (Å²) in [7, 11) is 1.49. The van der Waals surface area contributed by atoms with Crippen molar-refractivity contribution in [1.82, 2.24) is 5.43 Å². The molecule has 0 aliphatic rings. The summed E-state index contributed by atoms with van der Waals surface area (Å²) in [5.74, 6) is -0.686. The fraction of sp³-hybridized carbons (Fsp3) is 0.250. The van der Waals surface area contributed by atoms with Crippen molar-refractivity contribution in [3.63, 3.8) is 0 Å². The van der Waals surface area contributed by atoms with Crippen molar-refractivity contribution in [2.24, 2.45) is 5.10 Å². The highest BCUT2D eigenvalue weighted by atomic mass is 35.5. The minimum Gasteiger partial charge on any atom is -0.493 e. The molecular formula is C20H19ClFN3O3. The number of ether oxygens (including phenoxy) is 2. The Hall–Kier alpha value is -3.11. The minimum absolute atomic E-state index is 0.0347. The Morgan fingerprint density at radius 3 is 2.79 bits per heavy atom. The predicted molar refractivity (Wildman–Crippen MR) is 105 cm³/mol. The maximum Gasteiger partial charge on any atom is 0.274 e. The number of amides is 1. The van der Waals surface area contributed by atoms with Crippen molar-refractivity contribution >= 4 is 23.7 Å². The molecule has 1 atom stereocenters. The lowest BCUT2D eigenvalue weighted by molar-refractivity contribution is 0.0951. The number of carbonyl (C=O) groups excluding carboxylic acids is 1. The number of hydrazone groups is 1. The lowest BCUT2D eigenvalue weighted by atomic mass is 10.1. The number of rotatable bonds is 7. The molecule has 2 aromatic rings. The molecule has 0 bridgehead atoms. The van der Waals surface area contributed by atoms with E-state index < -0.39 is 11.7 Å². The molecule has 28 heavy (non-hydrogen) atoms. The standard InChI is InChI=1S/C20H19ClFN3O3/c1-4-12(2)28-19-16(21)7-14(9-18(19)27-3)11-24-25-20(26)15-6-5-13(10-23)8-17(15)22/h5-9,11-12H,4H2,1-3H3,(H,25,26). The first-order chi connectivity index (χ1) is 13.4. The highest BCUT2D eigenvalue weighted by molar-refractivity contribution is 6.32. The number of halogens is 2. The molecule has 0 fully saturated rings. The first kappa shape index (κ1) is 21.2. The zero-order valence-electron chi connectivity index (χ0n) is 15.6. The Morgan fingerprint density at radius 1 is 1.43 bits per heavy atom. The summed E-state index contributed by atoms with van der Waals surface area (Å²) in [6.07, 6.45) is 2.12. The van der Waals surface area contributed by atoms with E-state index in [2.05, 4.69) is 10.5 Å². The van der Waals surface area contributed by atoms with Gasteiger partial charge in [-0.05, 0) is 49.2 Å². The van der Waals surface area contributed by atoms with Crippen LogP contribution in [0.5, 0.6) is 11.5 Å². The highest BCUT2D eigenvalue weighted by Crippen LogP contribution is 2.37. The van der Waals surface area contributed by atoms with E-state index in [4.69, 9.17) is 26.3 Å². The second kappa shape index (κ2) is 9.72. The second-order valence-electron chi connectivity index (χ2n) is 5.88. The summed E-state index contributed by atoms with van der Waals surface area (Å²) in [6.45, 7) is 3.91. The van der Waals surface area contributed by atoms with Crippen LogP contribution in [0.25, 0.3) is 0 Å². The quantitative estimate of drug-likeness (QED) is 0.551. The molecule has 8 heteroatoms. The van der Waals surface area contributed by atoms with Crippen LogP contribution in [0.1, 0.15) is 41.8 Å². The number of benzene rings is 2. The fourth-order valence-electron chi connectivity index (χ4n) is 2.21. The molecule has 0 aliphatic heterocycles. The third kappa shape index (κ3) is 5.21. The number of nitriles is 1. The summed E-state index contributed by atoms with van der Waals surface area (Å²) in [5, 5.41) is 12.9. The van der Waals surface area contributed by atoms with Crippen molar-refractivity contribution < 1.29 is 18.7 Å². The van der Waals surface area contributed by atoms with Crippen LogP contribution >= 0.6 is 11.6 Å². The van der Waals surface area contributed by atoms with Crippen molar-refractivity contribution in [1.29, 1.82) is 5.26 Å². The van der Waals surface area contributed by atoms with E-state index in [1.54, 1.807) is 18.2 Å². The molecule has 146 valence electrons. The Kier molecular flexibility index (Phi) is 7.36. The topological polar surface area (TPSA) is 83.7 Å². The first-order valence-electron chi connectivity index (χ1n) is 8.46. The Balaban J connectivity index is 2.15. The average molecular weight is 404 g/mol. The molecule has 0 spiro atoms. The molecule has 0 radical (unpaired) electrons. The summed E-state index contributed by atoms with van der Waals surface area (Å²) in [6, 6.07) is 8.62. The van der Waals surface area contributed by atoms with Crippen LogP contribution in [0.15, 0.2) is 35.4 Å². The Bertz CT molecular complexity index is 941. The zero-order valence-corrected chi connectivity index (χ0v) is 16.4. The maximum atomic E-state index is 13.9. The second-order valence-corrected chi connectivity index (χ2v) is 6.28. The third-order valence-corrected chi connectivity index (χ3v) is 4.15. The molecule has 6 nitrogen and oxygen atoms in total. The van der Waals surface area contributed by atoms with Crippen LogP contribution in [0.2, 0.25) is 5.02 Å². The van der Waals surface area contributed by atoms with Gasteiger partial charge in [-0.2, -0.15) is 10.4 Å². The maximum absolute atomic E-state index is 13.9. The zero-order chi connectivity index (χ0) is 20.7. The monoisotopic (exact) mass is 403 g/mol. The van der Waals surface area contributed by atoms with Gasteiger partial charge in [-0.1, -0.05) is 18.5 Å². The van der Waals surface area contributed by atoms with Gasteiger partial charge >= 0.3 is 0 Å². The van der Waals surface area contributed by atoms with Crippen LogP contribution in [-0.2, 0) is 0 Å². The van der Waals surface area contributed by atoms with E-state index in [-0.39, 0.29) is 17.2 Å². The average Bonchev–Trinajstić information content (AvgIpc) is 2.69. The molecule has 1 unspecified atom stereocenters. The lowest BCUT2D eigenvalue weighted by Gasteiger charge is -2.17. The van der Waals surface area contributed by atoms with Gasteiger partial charge in [-0.15, -0.1) is 0 Å². The number of carbonyl (C=O) groups is 1. The summed E-state index contributed by atoms with van der Waals surface area (Å²) in [4.78, 5) is 12.0. The van der Waals surface area contributed by atoms with Gasteiger partial charge in [0.2, 0.25) is 0 Å². The molecule has 0 aliphatic carbocycles. The van der Waals surface area contributed by atoms with Gasteiger partial charge in [0.25, 0.3) is 5.91 Å². The van der Waals surface area contributed by atoms with E-state index >= 15 is 0 Å². The van der Waals surface area contributed by atoms with Gasteiger partial charge in [0.05, 0.1) is 41.6 Å². The number of nitrogens with zero attached hydrogens (tertiary/aromatic N) is 2. The van der Waals surface area contributed by atoms with Gasteiger partial charge in [-0.25, -0.2) is 9.82 Å². The van der Waals surface area contributed by atoms with E-state index in [0.717, 1.165) is 12.5 Å². The van der Waals surface area contributed by atoms with Crippen LogP contribution in [0.4, 0.5) is 4.39 Å². The predicted octanol–water partition coefficient (Wildman–Crippen LogP) is 4.30. The van der Waals surface area contributed by atoms with Crippen LogP contribution in [-0.4, -0.2) is 25.3 Å².